The van der Waals surface area contributed by atoms with Gasteiger partial charge in [-0.25, -0.2) is 0 Å². The lowest BCUT2D eigenvalue weighted by Crippen LogP contribution is -2.40. The zero-order chi connectivity index (χ0) is 15.4. The molecule has 2 atom stereocenters. The molecule has 1 saturated heterocycles. The average molecular weight is 310 g/mol. The molecule has 1 fully saturated rings. The molecule has 0 radical (unpaired) electrons. The molecule has 2 amide bonds. The van der Waals surface area contributed by atoms with E-state index >= 15 is 0 Å². The first kappa shape index (κ1) is 15.8. The summed E-state index contributed by atoms with van der Waals surface area (Å²) in [5.41, 5.74) is 0.781. The number of anilines is 1. The Morgan fingerprint density at radius 2 is 2.10 bits per heavy atom. The van der Waals surface area contributed by atoms with Crippen LogP contribution in [0.5, 0.6) is 0 Å². The first-order valence-electron chi connectivity index (χ1n) is 7.02. The number of hydrogen-bond donors (Lipinski definition) is 2. The summed E-state index contributed by atoms with van der Waals surface area (Å²) in [4.78, 5) is 25.8. The Bertz CT molecular complexity index is 518. The van der Waals surface area contributed by atoms with Gasteiger partial charge >= 0.3 is 0 Å². The number of rotatable bonds is 5. The van der Waals surface area contributed by atoms with Crippen molar-refractivity contribution in [1.82, 2.24) is 10.6 Å². The molecule has 114 valence electrons. The fourth-order valence-corrected chi connectivity index (χ4v) is 2.38. The van der Waals surface area contributed by atoms with Crippen molar-refractivity contribution in [3.05, 3.63) is 29.3 Å². The van der Waals surface area contributed by atoms with E-state index in [9.17, 15) is 9.59 Å². The van der Waals surface area contributed by atoms with Crippen molar-refractivity contribution in [2.24, 2.45) is 5.92 Å². The van der Waals surface area contributed by atoms with E-state index in [-0.39, 0.29) is 30.2 Å². The second-order valence-corrected chi connectivity index (χ2v) is 5.75. The SMILES string of the molecule is CNC(C)CNC(=O)C1CC(=O)N(c2ccc(Cl)cc2)C1. The van der Waals surface area contributed by atoms with Gasteiger partial charge in [0.25, 0.3) is 0 Å². The van der Waals surface area contributed by atoms with Gasteiger partial charge < -0.3 is 15.5 Å². The smallest absolute Gasteiger partial charge is 0.227 e. The minimum absolute atomic E-state index is 0.0286. The summed E-state index contributed by atoms with van der Waals surface area (Å²) in [6.45, 7) is 2.96. The van der Waals surface area contributed by atoms with E-state index in [2.05, 4.69) is 10.6 Å². The Hall–Kier alpha value is -1.59. The predicted molar refractivity (Wildman–Crippen MR) is 83.4 cm³/mol. The summed E-state index contributed by atoms with van der Waals surface area (Å²) >= 11 is 5.84. The summed E-state index contributed by atoms with van der Waals surface area (Å²) in [5, 5.41) is 6.56. The number of amides is 2. The standard InChI is InChI=1S/C15H20ClN3O2/c1-10(17-2)8-18-15(21)11-7-14(20)19(9-11)13-5-3-12(16)4-6-13/h3-6,10-11,17H,7-9H2,1-2H3,(H,18,21). The van der Waals surface area contributed by atoms with E-state index in [1.54, 1.807) is 29.2 Å². The lowest BCUT2D eigenvalue weighted by molar-refractivity contribution is -0.126. The van der Waals surface area contributed by atoms with E-state index in [0.29, 0.717) is 18.1 Å². The molecule has 0 aromatic heterocycles. The summed E-state index contributed by atoms with van der Waals surface area (Å²) in [5.74, 6) is -0.390. The Labute approximate surface area is 129 Å². The van der Waals surface area contributed by atoms with Crippen LogP contribution in [0.15, 0.2) is 24.3 Å². The van der Waals surface area contributed by atoms with E-state index in [1.807, 2.05) is 14.0 Å². The molecule has 21 heavy (non-hydrogen) atoms. The highest BCUT2D eigenvalue weighted by Crippen LogP contribution is 2.26. The number of benzene rings is 1. The fraction of sp³-hybridized carbons (Fsp3) is 0.467. The van der Waals surface area contributed by atoms with E-state index < -0.39 is 0 Å². The molecular formula is C15H20ClN3O2. The van der Waals surface area contributed by atoms with Crippen molar-refractivity contribution in [3.8, 4) is 0 Å². The highest BCUT2D eigenvalue weighted by atomic mass is 35.5. The zero-order valence-corrected chi connectivity index (χ0v) is 13.0. The summed E-state index contributed by atoms with van der Waals surface area (Å²) in [6, 6.07) is 7.28. The van der Waals surface area contributed by atoms with Crippen LogP contribution in [-0.4, -0.2) is 38.0 Å². The first-order valence-corrected chi connectivity index (χ1v) is 7.40. The maximum absolute atomic E-state index is 12.1. The molecular weight excluding hydrogens is 290 g/mol. The van der Waals surface area contributed by atoms with Crippen LogP contribution in [0, 0.1) is 5.92 Å². The van der Waals surface area contributed by atoms with Crippen LogP contribution in [0.4, 0.5) is 5.69 Å². The van der Waals surface area contributed by atoms with Gasteiger partial charge in [-0.2, -0.15) is 0 Å². The Morgan fingerprint density at radius 1 is 1.43 bits per heavy atom. The number of nitrogens with one attached hydrogen (secondary N) is 2. The maximum atomic E-state index is 12.1. The van der Waals surface area contributed by atoms with Crippen molar-refractivity contribution in [2.75, 3.05) is 25.0 Å². The van der Waals surface area contributed by atoms with Crippen LogP contribution in [0.25, 0.3) is 0 Å². The molecule has 1 aliphatic heterocycles. The lowest BCUT2D eigenvalue weighted by atomic mass is 10.1. The van der Waals surface area contributed by atoms with Crippen molar-refractivity contribution >= 4 is 29.1 Å². The number of carbonyl (C=O) groups is 2. The average Bonchev–Trinajstić information content (AvgIpc) is 2.87. The van der Waals surface area contributed by atoms with E-state index in [1.165, 1.54) is 0 Å². The van der Waals surface area contributed by atoms with Crippen molar-refractivity contribution in [1.29, 1.82) is 0 Å². The molecule has 0 saturated carbocycles. The molecule has 0 spiro atoms. The van der Waals surface area contributed by atoms with Gasteiger partial charge in [0, 0.05) is 36.3 Å². The quantitative estimate of drug-likeness (QED) is 0.864. The maximum Gasteiger partial charge on any atom is 0.227 e. The van der Waals surface area contributed by atoms with Gasteiger partial charge in [-0.3, -0.25) is 9.59 Å². The number of carbonyl (C=O) groups excluding carboxylic acids is 2. The third-order valence-corrected chi connectivity index (χ3v) is 3.96. The van der Waals surface area contributed by atoms with Crippen LogP contribution in [0.1, 0.15) is 13.3 Å². The zero-order valence-electron chi connectivity index (χ0n) is 12.2. The molecule has 0 aliphatic carbocycles. The number of hydrogen-bond acceptors (Lipinski definition) is 3. The van der Waals surface area contributed by atoms with Crippen LogP contribution >= 0.6 is 11.6 Å². The van der Waals surface area contributed by atoms with Crippen molar-refractivity contribution < 1.29 is 9.59 Å². The molecule has 1 heterocycles. The second-order valence-electron chi connectivity index (χ2n) is 5.32. The van der Waals surface area contributed by atoms with Crippen molar-refractivity contribution in [2.45, 2.75) is 19.4 Å². The molecule has 1 aromatic rings. The molecule has 6 heteroatoms. The number of halogens is 1. The second kappa shape index (κ2) is 6.91. The third-order valence-electron chi connectivity index (χ3n) is 3.71. The van der Waals surface area contributed by atoms with Gasteiger partial charge in [0.15, 0.2) is 0 Å². The topological polar surface area (TPSA) is 61.4 Å². The fourth-order valence-electron chi connectivity index (χ4n) is 2.25. The summed E-state index contributed by atoms with van der Waals surface area (Å²) < 4.78 is 0. The van der Waals surface area contributed by atoms with Crippen molar-refractivity contribution in [3.63, 3.8) is 0 Å². The molecule has 2 N–H and O–H groups in total. The number of nitrogens with zero attached hydrogens (tertiary/aromatic N) is 1. The van der Waals surface area contributed by atoms with Crippen LogP contribution in [-0.2, 0) is 9.59 Å². The van der Waals surface area contributed by atoms with Gasteiger partial charge in [-0.1, -0.05) is 11.6 Å². The predicted octanol–water partition coefficient (Wildman–Crippen LogP) is 1.42. The normalized spacial score (nSPS) is 19.7. The largest absolute Gasteiger partial charge is 0.354 e. The molecule has 1 aromatic carbocycles. The summed E-state index contributed by atoms with van der Waals surface area (Å²) in [7, 11) is 1.85. The Morgan fingerprint density at radius 3 is 2.71 bits per heavy atom. The van der Waals surface area contributed by atoms with Gasteiger partial charge in [-0.15, -0.1) is 0 Å². The minimum Gasteiger partial charge on any atom is -0.354 e. The van der Waals surface area contributed by atoms with Gasteiger partial charge in [-0.05, 0) is 38.2 Å². The molecule has 1 aliphatic rings. The Kier molecular flexibility index (Phi) is 5.20. The molecule has 0 bridgehead atoms. The van der Waals surface area contributed by atoms with Gasteiger partial charge in [0.1, 0.15) is 0 Å². The first-order chi connectivity index (χ1) is 10.0. The van der Waals surface area contributed by atoms with Crippen LogP contribution in [0.2, 0.25) is 5.02 Å². The van der Waals surface area contributed by atoms with Gasteiger partial charge in [0.2, 0.25) is 11.8 Å². The minimum atomic E-state index is -0.294. The van der Waals surface area contributed by atoms with Gasteiger partial charge in [0.05, 0.1) is 5.92 Å². The van der Waals surface area contributed by atoms with Crippen LogP contribution < -0.4 is 15.5 Å². The van der Waals surface area contributed by atoms with E-state index in [4.69, 9.17) is 11.6 Å². The molecule has 5 nitrogen and oxygen atoms in total. The molecule has 2 rings (SSSR count). The van der Waals surface area contributed by atoms with Crippen LogP contribution in [0.3, 0.4) is 0 Å². The summed E-state index contributed by atoms with van der Waals surface area (Å²) in [6.07, 6.45) is 0.252. The lowest BCUT2D eigenvalue weighted by Gasteiger charge is -2.17. The third kappa shape index (κ3) is 3.95. The monoisotopic (exact) mass is 309 g/mol. The highest BCUT2D eigenvalue weighted by Gasteiger charge is 2.34. The molecule has 2 unspecified atom stereocenters. The van der Waals surface area contributed by atoms with E-state index in [0.717, 1.165) is 5.69 Å². The highest BCUT2D eigenvalue weighted by molar-refractivity contribution is 6.30. The number of likely N-dealkylation sites (N-methyl/N-ethyl adjacent to an activating group) is 1. The Balaban J connectivity index is 1.96.